The normalized spacial score (nSPS) is 10.9. The van der Waals surface area contributed by atoms with E-state index in [1.54, 1.807) is 25.4 Å². The number of hydrogen-bond donors (Lipinski definition) is 1. The Bertz CT molecular complexity index is 832. The van der Waals surface area contributed by atoms with Crippen LogP contribution in [0.25, 0.3) is 11.0 Å². The van der Waals surface area contributed by atoms with Gasteiger partial charge in [0.2, 0.25) is 0 Å². The Balaban J connectivity index is 1.82. The van der Waals surface area contributed by atoms with E-state index in [9.17, 15) is 4.79 Å². The molecule has 0 saturated carbocycles. The first-order valence-electron chi connectivity index (χ1n) is 7.19. The minimum atomic E-state index is -0.212. The van der Waals surface area contributed by atoms with Gasteiger partial charge in [0.05, 0.1) is 18.5 Å². The van der Waals surface area contributed by atoms with Gasteiger partial charge in [-0.2, -0.15) is 0 Å². The number of thiazole rings is 1. The highest BCUT2D eigenvalue weighted by atomic mass is 79.9. The van der Waals surface area contributed by atoms with Crippen molar-refractivity contribution >= 4 is 44.1 Å². The largest absolute Gasteiger partial charge is 0.490 e. The average Bonchev–Trinajstić information content (AvgIpc) is 3.21. The molecule has 1 N–H and O–H groups in total. The fraction of sp³-hybridized carbons (Fsp3) is 0.250. The lowest BCUT2D eigenvalue weighted by Gasteiger charge is -2.09. The van der Waals surface area contributed by atoms with Crippen molar-refractivity contribution in [2.45, 2.75) is 6.54 Å². The molecule has 0 fully saturated rings. The topological polar surface area (TPSA) is 73.6 Å². The highest BCUT2D eigenvalue weighted by molar-refractivity contribution is 9.10. The van der Waals surface area contributed by atoms with Crippen molar-refractivity contribution in [3.63, 3.8) is 0 Å². The number of halogens is 1. The number of hydrogen-bond acceptors (Lipinski definition) is 6. The van der Waals surface area contributed by atoms with Crippen LogP contribution < -0.4 is 10.1 Å². The summed E-state index contributed by atoms with van der Waals surface area (Å²) in [5.41, 5.74) is 1.05. The van der Waals surface area contributed by atoms with Crippen LogP contribution >= 0.6 is 27.3 Å². The predicted molar refractivity (Wildman–Crippen MR) is 94.6 cm³/mol. The monoisotopic (exact) mass is 410 g/mol. The molecule has 0 atom stereocenters. The third-order valence-electron chi connectivity index (χ3n) is 3.26. The number of fused-ring (bicyclic) bond motifs is 1. The number of amides is 1. The summed E-state index contributed by atoms with van der Waals surface area (Å²) in [4.78, 5) is 16.5. The van der Waals surface area contributed by atoms with Crippen LogP contribution in [0.4, 0.5) is 0 Å². The molecule has 24 heavy (non-hydrogen) atoms. The summed E-state index contributed by atoms with van der Waals surface area (Å²) in [5, 5.41) is 6.36. The molecular weight excluding hydrogens is 396 g/mol. The van der Waals surface area contributed by atoms with Crippen molar-refractivity contribution < 1.29 is 18.7 Å². The Morgan fingerprint density at radius 1 is 1.38 bits per heavy atom. The number of benzene rings is 1. The van der Waals surface area contributed by atoms with Gasteiger partial charge in [-0.15, -0.1) is 11.3 Å². The van der Waals surface area contributed by atoms with Crippen molar-refractivity contribution in [3.8, 4) is 5.75 Å². The molecule has 0 aliphatic rings. The molecule has 0 unspecified atom stereocenters. The Morgan fingerprint density at radius 3 is 3.00 bits per heavy atom. The van der Waals surface area contributed by atoms with Crippen LogP contribution in [0.3, 0.4) is 0 Å². The molecule has 0 aliphatic heterocycles. The fourth-order valence-corrected chi connectivity index (χ4v) is 3.12. The molecule has 2 heterocycles. The van der Waals surface area contributed by atoms with Gasteiger partial charge in [0.25, 0.3) is 5.91 Å². The number of ether oxygens (including phenoxy) is 2. The quantitative estimate of drug-likeness (QED) is 0.602. The lowest BCUT2D eigenvalue weighted by atomic mass is 10.1. The van der Waals surface area contributed by atoms with Crippen LogP contribution in [-0.4, -0.2) is 31.2 Å². The summed E-state index contributed by atoms with van der Waals surface area (Å²) in [6.07, 6.45) is 1.71. The SMILES string of the molecule is COCCOc1cc(C(=O)NCc2nccs2)cc2oc(Br)cc12. The second kappa shape index (κ2) is 7.78. The van der Waals surface area contributed by atoms with E-state index in [4.69, 9.17) is 13.9 Å². The minimum Gasteiger partial charge on any atom is -0.490 e. The molecule has 0 radical (unpaired) electrons. The lowest BCUT2D eigenvalue weighted by Crippen LogP contribution is -2.22. The minimum absolute atomic E-state index is 0.212. The van der Waals surface area contributed by atoms with Crippen molar-refractivity contribution in [3.05, 3.63) is 45.0 Å². The van der Waals surface area contributed by atoms with E-state index in [2.05, 4.69) is 26.2 Å². The molecule has 1 aromatic carbocycles. The van der Waals surface area contributed by atoms with Crippen LogP contribution in [0, 0.1) is 0 Å². The predicted octanol–water partition coefficient (Wildman–Crippen LogP) is 3.61. The summed E-state index contributed by atoms with van der Waals surface area (Å²) in [6, 6.07) is 5.21. The summed E-state index contributed by atoms with van der Waals surface area (Å²) in [7, 11) is 1.61. The Labute approximate surface area is 150 Å². The maximum absolute atomic E-state index is 12.4. The maximum atomic E-state index is 12.4. The van der Waals surface area contributed by atoms with Gasteiger partial charge in [0.15, 0.2) is 4.67 Å². The summed E-state index contributed by atoms with van der Waals surface area (Å²) < 4.78 is 16.9. The number of aromatic nitrogens is 1. The molecule has 8 heteroatoms. The standard InChI is InChI=1S/C16H15BrN2O4S/c1-21-3-4-22-12-6-10(7-13-11(12)8-14(17)23-13)16(20)19-9-15-18-2-5-24-15/h2,5-8H,3-4,9H2,1H3,(H,19,20). The van der Waals surface area contributed by atoms with Gasteiger partial charge in [-0.25, -0.2) is 4.98 Å². The summed E-state index contributed by atoms with van der Waals surface area (Å²) >= 11 is 4.80. The van der Waals surface area contributed by atoms with E-state index in [1.807, 2.05) is 11.4 Å². The van der Waals surface area contributed by atoms with Gasteiger partial charge in [0.1, 0.15) is 22.9 Å². The fourth-order valence-electron chi connectivity index (χ4n) is 2.16. The number of furan rings is 1. The molecule has 6 nitrogen and oxygen atoms in total. The van der Waals surface area contributed by atoms with Gasteiger partial charge in [-0.1, -0.05) is 0 Å². The average molecular weight is 411 g/mol. The smallest absolute Gasteiger partial charge is 0.251 e. The third-order valence-corrected chi connectivity index (χ3v) is 4.43. The van der Waals surface area contributed by atoms with Crippen molar-refractivity contribution in [2.75, 3.05) is 20.3 Å². The summed E-state index contributed by atoms with van der Waals surface area (Å²) in [5.74, 6) is 0.370. The van der Waals surface area contributed by atoms with Gasteiger partial charge in [-0.3, -0.25) is 4.79 Å². The third kappa shape index (κ3) is 3.95. The van der Waals surface area contributed by atoms with Gasteiger partial charge in [-0.05, 0) is 28.1 Å². The first-order chi connectivity index (χ1) is 11.7. The van der Waals surface area contributed by atoms with Gasteiger partial charge >= 0.3 is 0 Å². The van der Waals surface area contributed by atoms with E-state index in [0.717, 1.165) is 10.4 Å². The zero-order valence-electron chi connectivity index (χ0n) is 12.9. The molecule has 0 saturated heterocycles. The highest BCUT2D eigenvalue weighted by Crippen LogP contribution is 2.32. The number of carbonyl (C=O) groups excluding carboxylic acids is 1. The van der Waals surface area contributed by atoms with E-state index < -0.39 is 0 Å². The Morgan fingerprint density at radius 2 is 2.25 bits per heavy atom. The first kappa shape index (κ1) is 16.9. The number of carbonyl (C=O) groups is 1. The first-order valence-corrected chi connectivity index (χ1v) is 8.86. The maximum Gasteiger partial charge on any atom is 0.251 e. The summed E-state index contributed by atoms with van der Waals surface area (Å²) in [6.45, 7) is 1.23. The number of rotatable bonds is 7. The van der Waals surface area contributed by atoms with Crippen molar-refractivity contribution in [1.82, 2.24) is 10.3 Å². The van der Waals surface area contributed by atoms with Gasteiger partial charge < -0.3 is 19.2 Å². The zero-order chi connectivity index (χ0) is 16.9. The van der Waals surface area contributed by atoms with E-state index in [0.29, 0.717) is 41.3 Å². The molecule has 126 valence electrons. The van der Waals surface area contributed by atoms with Crippen LogP contribution in [0.5, 0.6) is 5.75 Å². The lowest BCUT2D eigenvalue weighted by molar-refractivity contribution is 0.0950. The molecule has 0 aliphatic carbocycles. The molecule has 1 amide bonds. The highest BCUT2D eigenvalue weighted by Gasteiger charge is 2.15. The van der Waals surface area contributed by atoms with E-state index in [-0.39, 0.29) is 5.91 Å². The molecule has 3 aromatic rings. The van der Waals surface area contributed by atoms with E-state index >= 15 is 0 Å². The van der Waals surface area contributed by atoms with Crippen molar-refractivity contribution in [2.24, 2.45) is 0 Å². The Kier molecular flexibility index (Phi) is 5.49. The van der Waals surface area contributed by atoms with Crippen LogP contribution in [-0.2, 0) is 11.3 Å². The van der Waals surface area contributed by atoms with Crippen molar-refractivity contribution in [1.29, 1.82) is 0 Å². The van der Waals surface area contributed by atoms with Crippen LogP contribution in [0.2, 0.25) is 0 Å². The van der Waals surface area contributed by atoms with E-state index in [1.165, 1.54) is 11.3 Å². The zero-order valence-corrected chi connectivity index (χ0v) is 15.3. The Hall–Kier alpha value is -1.90. The second-order valence-electron chi connectivity index (χ2n) is 4.89. The number of nitrogens with zero attached hydrogens (tertiary/aromatic N) is 1. The van der Waals surface area contributed by atoms with Crippen LogP contribution in [0.15, 0.2) is 38.9 Å². The second-order valence-corrected chi connectivity index (χ2v) is 6.65. The molecular formula is C16H15BrN2O4S. The number of nitrogens with one attached hydrogen (secondary N) is 1. The van der Waals surface area contributed by atoms with Gasteiger partial charge in [0, 0.05) is 30.3 Å². The number of methoxy groups -OCH3 is 1. The molecule has 3 rings (SSSR count). The molecule has 2 aromatic heterocycles. The van der Waals surface area contributed by atoms with Crippen LogP contribution in [0.1, 0.15) is 15.4 Å². The molecule has 0 bridgehead atoms. The molecule has 0 spiro atoms.